The van der Waals surface area contributed by atoms with Crippen LogP contribution in [0.15, 0.2) is 82.8 Å². The van der Waals surface area contributed by atoms with Gasteiger partial charge in [0.15, 0.2) is 5.13 Å². The lowest BCUT2D eigenvalue weighted by molar-refractivity contribution is -0.385. The van der Waals surface area contributed by atoms with E-state index >= 15 is 0 Å². The molecule has 0 saturated carbocycles. The predicted octanol–water partition coefficient (Wildman–Crippen LogP) is 4.81. The second-order valence-corrected chi connectivity index (χ2v) is 11.4. The average Bonchev–Trinajstić information content (AvgIpc) is 3.42. The molecule has 1 aromatic heterocycles. The Balaban J connectivity index is 1.47. The van der Waals surface area contributed by atoms with Gasteiger partial charge in [-0.3, -0.25) is 20.3 Å². The van der Waals surface area contributed by atoms with Gasteiger partial charge >= 0.3 is 0 Å². The Bertz CT molecular complexity index is 1670. The maximum Gasteiger partial charge on any atom is 0.270 e. The largest absolute Gasteiger partial charge is 0.495 e. The molecule has 41 heavy (non-hydrogen) atoms. The second-order valence-electron chi connectivity index (χ2n) is 8.79. The third-order valence-corrected chi connectivity index (χ3v) is 8.61. The maximum absolute atomic E-state index is 13.4. The normalized spacial score (nSPS) is 13.7. The molecule has 1 saturated heterocycles. The molecule has 5 rings (SSSR count). The number of nitro groups is 1. The fraction of sp³-hybridized carbons (Fsp3) is 0.185. The summed E-state index contributed by atoms with van der Waals surface area (Å²) in [7, 11) is -2.88. The van der Waals surface area contributed by atoms with E-state index in [0.717, 1.165) is 40.4 Å². The molecule has 14 heteroatoms. The zero-order valence-corrected chi connectivity index (χ0v) is 23.5. The second kappa shape index (κ2) is 12.3. The number of morpholine rings is 1. The first-order valence-corrected chi connectivity index (χ1v) is 14.8. The van der Waals surface area contributed by atoms with Crippen molar-refractivity contribution in [3.63, 3.8) is 0 Å². The van der Waals surface area contributed by atoms with Crippen molar-refractivity contribution in [3.05, 3.63) is 87.8 Å². The van der Waals surface area contributed by atoms with Crippen LogP contribution in [0.25, 0.3) is 11.3 Å². The number of hydrazone groups is 1. The van der Waals surface area contributed by atoms with Gasteiger partial charge < -0.3 is 14.4 Å². The predicted molar refractivity (Wildman–Crippen MR) is 159 cm³/mol. The first-order valence-electron chi connectivity index (χ1n) is 12.5. The SMILES string of the molecule is COc1ccccc1NS(=O)(=O)c1cc([N+](=O)[O-])ccc1NN=Cc1sc(N2CCOCC2)nc1-c1ccccc1. The highest BCUT2D eigenvalue weighted by atomic mass is 32.2. The fourth-order valence-electron chi connectivity index (χ4n) is 4.13. The summed E-state index contributed by atoms with van der Waals surface area (Å²) in [6.45, 7) is 2.68. The summed E-state index contributed by atoms with van der Waals surface area (Å²) in [6.07, 6.45) is 1.56. The number of non-ortho nitro benzene ring substituents is 1. The van der Waals surface area contributed by atoms with Crippen LogP contribution < -0.4 is 19.8 Å². The third-order valence-electron chi connectivity index (χ3n) is 6.15. The van der Waals surface area contributed by atoms with E-state index in [4.69, 9.17) is 14.5 Å². The van der Waals surface area contributed by atoms with Gasteiger partial charge in [-0.2, -0.15) is 5.10 Å². The molecule has 1 aliphatic rings. The van der Waals surface area contributed by atoms with Crippen LogP contribution in [0.4, 0.5) is 22.2 Å². The number of rotatable bonds is 10. The third kappa shape index (κ3) is 6.45. The van der Waals surface area contributed by atoms with E-state index in [2.05, 4.69) is 20.1 Å². The zero-order chi connectivity index (χ0) is 28.8. The van der Waals surface area contributed by atoms with Crippen molar-refractivity contribution in [3.8, 4) is 17.0 Å². The average molecular weight is 595 g/mol. The quantitative estimate of drug-likeness (QED) is 0.150. The number of benzene rings is 3. The van der Waals surface area contributed by atoms with E-state index in [1.54, 1.807) is 24.4 Å². The Morgan fingerprint density at radius 2 is 1.80 bits per heavy atom. The summed E-state index contributed by atoms with van der Waals surface area (Å²) in [4.78, 5) is 18.2. The number of thiazole rings is 1. The standard InChI is InChI=1S/C27H26N6O6S2/c1-38-23-10-6-5-9-21(23)31-41(36,37)25-17-20(33(34)35)11-12-22(25)30-28-18-24-26(19-7-3-2-4-8-19)29-27(40-24)32-13-15-39-16-14-32/h2-12,17-18,30-31H,13-16H2,1H3. The molecule has 4 aromatic rings. The molecule has 3 aromatic carbocycles. The number of nitrogens with zero attached hydrogens (tertiary/aromatic N) is 4. The number of methoxy groups -OCH3 is 1. The number of aromatic nitrogens is 1. The first-order chi connectivity index (χ1) is 19.9. The minimum absolute atomic E-state index is 0.0495. The highest BCUT2D eigenvalue weighted by molar-refractivity contribution is 7.93. The molecule has 2 heterocycles. The highest BCUT2D eigenvalue weighted by Gasteiger charge is 2.24. The zero-order valence-electron chi connectivity index (χ0n) is 21.9. The Labute approximate surface area is 240 Å². The van der Waals surface area contributed by atoms with Gasteiger partial charge in [0.2, 0.25) is 0 Å². The summed E-state index contributed by atoms with van der Waals surface area (Å²) in [5.41, 5.74) is 4.25. The monoisotopic (exact) mass is 594 g/mol. The number of hydrogen-bond acceptors (Lipinski definition) is 11. The number of ether oxygens (including phenoxy) is 2. The minimum Gasteiger partial charge on any atom is -0.495 e. The Morgan fingerprint density at radius 3 is 2.54 bits per heavy atom. The van der Waals surface area contributed by atoms with Gasteiger partial charge in [-0.05, 0) is 18.2 Å². The van der Waals surface area contributed by atoms with E-state index < -0.39 is 14.9 Å². The molecular weight excluding hydrogens is 568 g/mol. The molecule has 212 valence electrons. The molecule has 0 atom stereocenters. The van der Waals surface area contributed by atoms with Crippen LogP contribution in [-0.2, 0) is 14.8 Å². The van der Waals surface area contributed by atoms with E-state index in [1.165, 1.54) is 36.6 Å². The van der Waals surface area contributed by atoms with Crippen LogP contribution >= 0.6 is 11.3 Å². The smallest absolute Gasteiger partial charge is 0.270 e. The van der Waals surface area contributed by atoms with E-state index in [9.17, 15) is 18.5 Å². The van der Waals surface area contributed by atoms with E-state index in [1.807, 2.05) is 30.3 Å². The van der Waals surface area contributed by atoms with Crippen molar-refractivity contribution in [2.45, 2.75) is 4.90 Å². The summed E-state index contributed by atoms with van der Waals surface area (Å²) < 4.78 is 40.0. The number of hydrogen-bond donors (Lipinski definition) is 2. The fourth-order valence-corrected chi connectivity index (χ4v) is 6.39. The first kappa shape index (κ1) is 28.0. The lowest BCUT2D eigenvalue weighted by Gasteiger charge is -2.26. The highest BCUT2D eigenvalue weighted by Crippen LogP contribution is 2.34. The summed E-state index contributed by atoms with van der Waals surface area (Å²) in [6, 6.07) is 19.6. The van der Waals surface area contributed by atoms with Crippen molar-refractivity contribution in [1.29, 1.82) is 0 Å². The number of nitro benzene ring substituents is 1. The van der Waals surface area contributed by atoms with Crippen molar-refractivity contribution in [2.75, 3.05) is 48.5 Å². The molecular formula is C27H26N6O6S2. The molecule has 1 aliphatic heterocycles. The summed E-state index contributed by atoms with van der Waals surface area (Å²) in [5.74, 6) is 0.295. The molecule has 0 radical (unpaired) electrons. The van der Waals surface area contributed by atoms with Crippen molar-refractivity contribution < 1.29 is 22.8 Å². The van der Waals surface area contributed by atoms with Crippen LogP contribution in [-0.4, -0.2) is 58.0 Å². The van der Waals surface area contributed by atoms with Gasteiger partial charge in [-0.1, -0.05) is 53.8 Å². The van der Waals surface area contributed by atoms with Crippen LogP contribution in [0, 0.1) is 10.1 Å². The van der Waals surface area contributed by atoms with Crippen LogP contribution in [0.3, 0.4) is 0 Å². The molecule has 12 nitrogen and oxygen atoms in total. The molecule has 0 unspecified atom stereocenters. The van der Waals surface area contributed by atoms with Gasteiger partial charge in [0.1, 0.15) is 10.6 Å². The molecule has 0 bridgehead atoms. The van der Waals surface area contributed by atoms with Crippen molar-refractivity contribution in [2.24, 2.45) is 5.10 Å². The lowest BCUT2D eigenvalue weighted by Crippen LogP contribution is -2.36. The Morgan fingerprint density at radius 1 is 1.07 bits per heavy atom. The van der Waals surface area contributed by atoms with Crippen molar-refractivity contribution in [1.82, 2.24) is 4.98 Å². The van der Waals surface area contributed by atoms with Crippen molar-refractivity contribution >= 4 is 49.8 Å². The lowest BCUT2D eigenvalue weighted by atomic mass is 10.1. The van der Waals surface area contributed by atoms with Crippen LogP contribution in [0.1, 0.15) is 4.88 Å². The molecule has 0 aliphatic carbocycles. The molecule has 0 spiro atoms. The van der Waals surface area contributed by atoms with Gasteiger partial charge in [-0.25, -0.2) is 13.4 Å². The molecule has 2 N–H and O–H groups in total. The molecule has 1 fully saturated rings. The number of anilines is 3. The van der Waals surface area contributed by atoms with E-state index in [0.29, 0.717) is 19.0 Å². The maximum atomic E-state index is 13.4. The topological polar surface area (TPSA) is 148 Å². The number of sulfonamides is 1. The minimum atomic E-state index is -4.29. The number of nitrogens with one attached hydrogen (secondary N) is 2. The molecule has 0 amide bonds. The van der Waals surface area contributed by atoms with Gasteiger partial charge in [0.05, 0.1) is 53.4 Å². The van der Waals surface area contributed by atoms with Crippen LogP contribution in [0.5, 0.6) is 5.75 Å². The Hall–Kier alpha value is -4.53. The van der Waals surface area contributed by atoms with Gasteiger partial charge in [0.25, 0.3) is 15.7 Å². The summed E-state index contributed by atoms with van der Waals surface area (Å²) in [5, 5.41) is 16.6. The van der Waals surface area contributed by atoms with Gasteiger partial charge in [0, 0.05) is 30.8 Å². The summed E-state index contributed by atoms with van der Waals surface area (Å²) >= 11 is 1.45. The number of para-hydroxylation sites is 2. The van der Waals surface area contributed by atoms with Crippen LogP contribution in [0.2, 0.25) is 0 Å². The Kier molecular flexibility index (Phi) is 8.42. The van der Waals surface area contributed by atoms with Gasteiger partial charge in [-0.15, -0.1) is 0 Å². The van der Waals surface area contributed by atoms with E-state index in [-0.39, 0.29) is 22.0 Å².